The third-order valence-electron chi connectivity index (χ3n) is 4.06. The van der Waals surface area contributed by atoms with E-state index in [2.05, 4.69) is 26.2 Å². The lowest BCUT2D eigenvalue weighted by atomic mass is 10.1. The fourth-order valence-electron chi connectivity index (χ4n) is 2.65. The van der Waals surface area contributed by atoms with Crippen molar-refractivity contribution in [2.24, 2.45) is 5.14 Å². The molecule has 0 spiro atoms. The Kier molecular flexibility index (Phi) is 6.31. The lowest BCUT2D eigenvalue weighted by Crippen LogP contribution is -2.17. The van der Waals surface area contributed by atoms with Crippen molar-refractivity contribution < 1.29 is 17.9 Å². The van der Waals surface area contributed by atoms with Crippen LogP contribution in [0.15, 0.2) is 70.2 Å². The third-order valence-corrected chi connectivity index (χ3v) is 5.58. The van der Waals surface area contributed by atoms with Crippen molar-refractivity contribution in [1.29, 1.82) is 0 Å². The number of pyridine rings is 1. The van der Waals surface area contributed by atoms with Crippen molar-refractivity contribution in [3.05, 3.63) is 76.4 Å². The number of nitrogens with zero attached hydrogens (tertiary/aromatic N) is 1. The number of nitrogens with two attached hydrogens (primary N) is 1. The molecule has 0 saturated carbocycles. The molecule has 9 heteroatoms. The van der Waals surface area contributed by atoms with Crippen LogP contribution >= 0.6 is 15.9 Å². The zero-order valence-corrected chi connectivity index (χ0v) is 17.8. The molecule has 0 unspecified atom stereocenters. The maximum atomic E-state index is 12.8. The van der Waals surface area contributed by atoms with Crippen LogP contribution in [-0.4, -0.2) is 19.3 Å². The van der Waals surface area contributed by atoms with Crippen LogP contribution < -0.4 is 15.2 Å². The van der Waals surface area contributed by atoms with E-state index in [0.717, 1.165) is 4.47 Å². The molecule has 3 N–H and O–H groups in total. The van der Waals surface area contributed by atoms with Gasteiger partial charge in [0, 0.05) is 16.4 Å². The number of rotatable bonds is 6. The first-order valence-corrected chi connectivity index (χ1v) is 11.0. The van der Waals surface area contributed by atoms with Crippen LogP contribution in [0, 0.1) is 0 Å². The molecule has 0 radical (unpaired) electrons. The molecular formula is C20H18BrN3O4S. The standard InChI is InChI=1S/C20H18BrN3O4S/c1-2-13-5-8-15(12-18(13)29(22,26)27)24-19(25)17-4-3-11-23-20(17)28-16-9-6-14(21)7-10-16/h3-12H,2H2,1H3,(H,24,25)(H2,22,26,27). The lowest BCUT2D eigenvalue weighted by Gasteiger charge is -2.12. The molecule has 0 bridgehead atoms. The number of hydrogen-bond acceptors (Lipinski definition) is 5. The SMILES string of the molecule is CCc1ccc(NC(=O)c2cccnc2Oc2ccc(Br)cc2)cc1S(N)(=O)=O. The normalized spacial score (nSPS) is 11.1. The fraction of sp³-hybridized carbons (Fsp3) is 0.100. The van der Waals surface area contributed by atoms with Gasteiger partial charge in [-0.15, -0.1) is 0 Å². The van der Waals surface area contributed by atoms with Gasteiger partial charge < -0.3 is 10.1 Å². The number of aromatic nitrogens is 1. The van der Waals surface area contributed by atoms with E-state index in [1.165, 1.54) is 12.3 Å². The summed E-state index contributed by atoms with van der Waals surface area (Å²) in [4.78, 5) is 16.9. The molecule has 150 valence electrons. The second-order valence-electron chi connectivity index (χ2n) is 6.09. The Hall–Kier alpha value is -2.75. The van der Waals surface area contributed by atoms with Crippen LogP contribution in [0.5, 0.6) is 11.6 Å². The van der Waals surface area contributed by atoms with Crippen LogP contribution in [-0.2, 0) is 16.4 Å². The summed E-state index contributed by atoms with van der Waals surface area (Å²) in [6, 6.07) is 14.9. The highest BCUT2D eigenvalue weighted by atomic mass is 79.9. The van der Waals surface area contributed by atoms with Gasteiger partial charge >= 0.3 is 0 Å². The molecule has 0 aliphatic heterocycles. The summed E-state index contributed by atoms with van der Waals surface area (Å²) < 4.78 is 30.3. The van der Waals surface area contributed by atoms with Crippen molar-refractivity contribution in [3.63, 3.8) is 0 Å². The van der Waals surface area contributed by atoms with E-state index in [1.807, 2.05) is 19.1 Å². The average Bonchev–Trinajstić information content (AvgIpc) is 2.69. The largest absolute Gasteiger partial charge is 0.438 e. The van der Waals surface area contributed by atoms with E-state index in [1.54, 1.807) is 36.4 Å². The second-order valence-corrected chi connectivity index (χ2v) is 8.53. The van der Waals surface area contributed by atoms with Gasteiger partial charge in [0.05, 0.1) is 4.90 Å². The Labute approximate surface area is 177 Å². The summed E-state index contributed by atoms with van der Waals surface area (Å²) in [5.41, 5.74) is 1.08. The van der Waals surface area contributed by atoms with Gasteiger partial charge in [-0.1, -0.05) is 28.9 Å². The maximum Gasteiger partial charge on any atom is 0.261 e. The Morgan fingerprint density at radius 2 is 1.90 bits per heavy atom. The van der Waals surface area contributed by atoms with E-state index in [0.29, 0.717) is 23.4 Å². The van der Waals surface area contributed by atoms with Crippen LogP contribution in [0.2, 0.25) is 0 Å². The number of hydrogen-bond donors (Lipinski definition) is 2. The summed E-state index contributed by atoms with van der Waals surface area (Å²) in [7, 11) is -3.91. The van der Waals surface area contributed by atoms with E-state index < -0.39 is 15.9 Å². The first kappa shape index (κ1) is 21.0. The highest BCUT2D eigenvalue weighted by Gasteiger charge is 2.18. The van der Waals surface area contributed by atoms with Gasteiger partial charge in [0.15, 0.2) is 0 Å². The quantitative estimate of drug-likeness (QED) is 0.557. The summed E-state index contributed by atoms with van der Waals surface area (Å²) in [5.74, 6) is 0.156. The van der Waals surface area contributed by atoms with Crippen molar-refractivity contribution in [2.75, 3.05) is 5.32 Å². The molecule has 0 fully saturated rings. The first-order valence-electron chi connectivity index (χ1n) is 8.63. The zero-order valence-electron chi connectivity index (χ0n) is 15.4. The predicted molar refractivity (Wildman–Crippen MR) is 114 cm³/mol. The number of aryl methyl sites for hydroxylation is 1. The van der Waals surface area contributed by atoms with Crippen molar-refractivity contribution in [1.82, 2.24) is 4.98 Å². The Morgan fingerprint density at radius 3 is 2.55 bits per heavy atom. The highest BCUT2D eigenvalue weighted by molar-refractivity contribution is 9.10. The Balaban J connectivity index is 1.87. The minimum atomic E-state index is -3.91. The van der Waals surface area contributed by atoms with E-state index in [-0.39, 0.29) is 16.3 Å². The first-order chi connectivity index (χ1) is 13.8. The summed E-state index contributed by atoms with van der Waals surface area (Å²) in [6.07, 6.45) is 2.01. The molecule has 0 aliphatic rings. The molecule has 0 atom stereocenters. The summed E-state index contributed by atoms with van der Waals surface area (Å²) in [5, 5.41) is 7.96. The molecule has 0 saturated heterocycles. The maximum absolute atomic E-state index is 12.8. The van der Waals surface area contributed by atoms with Gasteiger partial charge in [-0.3, -0.25) is 4.79 Å². The number of halogens is 1. The van der Waals surface area contributed by atoms with Gasteiger partial charge in [-0.2, -0.15) is 0 Å². The molecule has 29 heavy (non-hydrogen) atoms. The number of sulfonamides is 1. The Morgan fingerprint density at radius 1 is 1.17 bits per heavy atom. The van der Waals surface area contributed by atoms with Crippen molar-refractivity contribution >= 4 is 37.5 Å². The number of nitrogens with one attached hydrogen (secondary N) is 1. The third kappa shape index (κ3) is 5.20. The van der Waals surface area contributed by atoms with Gasteiger partial charge in [-0.25, -0.2) is 18.5 Å². The highest BCUT2D eigenvalue weighted by Crippen LogP contribution is 2.26. The van der Waals surface area contributed by atoms with E-state index in [4.69, 9.17) is 9.88 Å². The molecule has 0 aliphatic carbocycles. The second kappa shape index (κ2) is 8.73. The topological polar surface area (TPSA) is 111 Å². The van der Waals surface area contributed by atoms with Gasteiger partial charge in [0.25, 0.3) is 5.91 Å². The molecule has 1 heterocycles. The number of benzene rings is 2. The summed E-state index contributed by atoms with van der Waals surface area (Å²) in [6.45, 7) is 1.82. The summed E-state index contributed by atoms with van der Waals surface area (Å²) >= 11 is 3.35. The van der Waals surface area contributed by atoms with Gasteiger partial charge in [0.1, 0.15) is 11.3 Å². The number of carbonyl (C=O) groups excluding carboxylic acids is 1. The minimum Gasteiger partial charge on any atom is -0.438 e. The number of anilines is 1. The predicted octanol–water partition coefficient (Wildman–Crippen LogP) is 4.10. The lowest BCUT2D eigenvalue weighted by molar-refractivity contribution is 0.102. The number of carbonyl (C=O) groups is 1. The minimum absolute atomic E-state index is 0.0182. The number of ether oxygens (including phenoxy) is 1. The van der Waals surface area contributed by atoms with Gasteiger partial charge in [0.2, 0.25) is 15.9 Å². The monoisotopic (exact) mass is 475 g/mol. The molecule has 1 aromatic heterocycles. The Bertz CT molecular complexity index is 1150. The smallest absolute Gasteiger partial charge is 0.261 e. The average molecular weight is 476 g/mol. The molecule has 3 aromatic rings. The van der Waals surface area contributed by atoms with Gasteiger partial charge in [-0.05, 0) is 60.5 Å². The fourth-order valence-corrected chi connectivity index (χ4v) is 3.78. The van der Waals surface area contributed by atoms with E-state index >= 15 is 0 Å². The van der Waals surface area contributed by atoms with Crippen LogP contribution in [0.3, 0.4) is 0 Å². The molecular weight excluding hydrogens is 458 g/mol. The van der Waals surface area contributed by atoms with Crippen LogP contribution in [0.1, 0.15) is 22.8 Å². The zero-order chi connectivity index (χ0) is 21.0. The number of primary sulfonamides is 1. The van der Waals surface area contributed by atoms with E-state index in [9.17, 15) is 13.2 Å². The van der Waals surface area contributed by atoms with Crippen LogP contribution in [0.25, 0.3) is 0 Å². The molecule has 7 nitrogen and oxygen atoms in total. The van der Waals surface area contributed by atoms with Crippen LogP contribution in [0.4, 0.5) is 5.69 Å². The van der Waals surface area contributed by atoms with Crippen molar-refractivity contribution in [3.8, 4) is 11.6 Å². The molecule has 3 rings (SSSR count). The number of amides is 1. The molecule has 2 aromatic carbocycles. The molecule has 1 amide bonds. The van der Waals surface area contributed by atoms with Crippen molar-refractivity contribution in [2.45, 2.75) is 18.2 Å².